The van der Waals surface area contributed by atoms with E-state index in [2.05, 4.69) is 0 Å². The quantitative estimate of drug-likeness (QED) is 0.649. The van der Waals surface area contributed by atoms with Crippen molar-refractivity contribution in [3.63, 3.8) is 0 Å². The molecule has 0 aliphatic rings. The second-order valence-corrected chi connectivity index (χ2v) is 5.72. The van der Waals surface area contributed by atoms with Gasteiger partial charge in [0.15, 0.2) is 0 Å². The molecule has 0 bridgehead atoms. The van der Waals surface area contributed by atoms with Crippen molar-refractivity contribution in [3.8, 4) is 0 Å². The van der Waals surface area contributed by atoms with Gasteiger partial charge in [-0.05, 0) is 24.6 Å². The largest absolute Gasteiger partial charge is 0.441 e. The van der Waals surface area contributed by atoms with Crippen LogP contribution in [0.1, 0.15) is 18.6 Å². The normalized spacial score (nSPS) is 13.7. The number of hydrogen-bond donors (Lipinski definition) is 1. The lowest BCUT2D eigenvalue weighted by Crippen LogP contribution is -2.02. The van der Waals surface area contributed by atoms with Crippen molar-refractivity contribution in [2.75, 3.05) is 11.5 Å². The Hall–Kier alpha value is -0.330. The molecular formula is C11H13F3OS2. The van der Waals surface area contributed by atoms with E-state index < -0.39 is 11.6 Å². The van der Waals surface area contributed by atoms with Gasteiger partial charge in [0.25, 0.3) is 0 Å². The summed E-state index contributed by atoms with van der Waals surface area (Å²) >= 11 is 1.35. The van der Waals surface area contributed by atoms with E-state index in [9.17, 15) is 18.3 Å². The van der Waals surface area contributed by atoms with Crippen LogP contribution in [0.5, 0.6) is 0 Å². The highest BCUT2D eigenvalue weighted by molar-refractivity contribution is 8.03. The van der Waals surface area contributed by atoms with Gasteiger partial charge in [-0.3, -0.25) is 0 Å². The van der Waals surface area contributed by atoms with Gasteiger partial charge in [-0.25, -0.2) is 0 Å². The summed E-state index contributed by atoms with van der Waals surface area (Å²) in [4.78, 5) is 0.881. The Kier molecular flexibility index (Phi) is 5.69. The van der Waals surface area contributed by atoms with E-state index in [-0.39, 0.29) is 17.5 Å². The molecule has 0 aliphatic heterocycles. The Morgan fingerprint density at radius 2 is 2.00 bits per heavy atom. The molecule has 0 heterocycles. The van der Waals surface area contributed by atoms with Gasteiger partial charge in [0.2, 0.25) is 0 Å². The zero-order valence-electron chi connectivity index (χ0n) is 9.20. The average Bonchev–Trinajstić information content (AvgIpc) is 2.23. The zero-order chi connectivity index (χ0) is 12.9. The Balaban J connectivity index is 2.39. The number of halogens is 3. The first kappa shape index (κ1) is 14.7. The molecule has 1 N–H and O–H groups in total. The lowest BCUT2D eigenvalue weighted by Gasteiger charge is -2.08. The van der Waals surface area contributed by atoms with Crippen LogP contribution in [0.25, 0.3) is 0 Å². The molecule has 1 rings (SSSR count). The fourth-order valence-corrected chi connectivity index (χ4v) is 2.71. The molecule has 1 aromatic carbocycles. The fourth-order valence-electron chi connectivity index (χ4n) is 1.18. The van der Waals surface area contributed by atoms with Crippen LogP contribution >= 0.6 is 23.5 Å². The first-order valence-corrected chi connectivity index (χ1v) is 6.97. The van der Waals surface area contributed by atoms with Crippen LogP contribution in [0.2, 0.25) is 0 Å². The van der Waals surface area contributed by atoms with Gasteiger partial charge in [-0.15, -0.1) is 11.8 Å². The molecule has 1 aromatic rings. The first-order chi connectivity index (χ1) is 7.88. The summed E-state index contributed by atoms with van der Waals surface area (Å²) in [5.74, 6) is 0.431. The van der Waals surface area contributed by atoms with Gasteiger partial charge in [-0.2, -0.15) is 13.2 Å². The monoisotopic (exact) mass is 282 g/mol. The topological polar surface area (TPSA) is 20.2 Å². The highest BCUT2D eigenvalue weighted by Gasteiger charge is 2.27. The minimum Gasteiger partial charge on any atom is -0.389 e. The van der Waals surface area contributed by atoms with Crippen molar-refractivity contribution in [3.05, 3.63) is 29.8 Å². The van der Waals surface area contributed by atoms with E-state index >= 15 is 0 Å². The lowest BCUT2D eigenvalue weighted by atomic mass is 10.1. The summed E-state index contributed by atoms with van der Waals surface area (Å²) in [5, 5.41) is 9.36. The SMILES string of the molecule is CC(O)c1cccc(SCCSC(F)(F)F)c1. The minimum atomic E-state index is -4.15. The Morgan fingerprint density at radius 1 is 1.29 bits per heavy atom. The number of hydrogen-bond acceptors (Lipinski definition) is 3. The maximum absolute atomic E-state index is 11.9. The predicted octanol–water partition coefficient (Wildman–Crippen LogP) is 4.09. The van der Waals surface area contributed by atoms with E-state index in [4.69, 9.17) is 0 Å². The molecule has 1 atom stereocenters. The van der Waals surface area contributed by atoms with Crippen molar-refractivity contribution in [1.29, 1.82) is 0 Å². The van der Waals surface area contributed by atoms with E-state index in [1.807, 2.05) is 6.07 Å². The summed E-state index contributed by atoms with van der Waals surface area (Å²) in [7, 11) is 0. The van der Waals surface area contributed by atoms with Crippen LogP contribution in [0.15, 0.2) is 29.2 Å². The van der Waals surface area contributed by atoms with Crippen molar-refractivity contribution in [2.24, 2.45) is 0 Å². The fraction of sp³-hybridized carbons (Fsp3) is 0.455. The number of aliphatic hydroxyl groups is 1. The van der Waals surface area contributed by atoms with Crippen molar-refractivity contribution in [1.82, 2.24) is 0 Å². The molecular weight excluding hydrogens is 269 g/mol. The molecule has 0 amide bonds. The van der Waals surface area contributed by atoms with Crippen LogP contribution in [-0.2, 0) is 0 Å². The number of rotatable bonds is 5. The maximum Gasteiger partial charge on any atom is 0.441 e. The van der Waals surface area contributed by atoms with Crippen LogP contribution in [-0.4, -0.2) is 22.1 Å². The highest BCUT2D eigenvalue weighted by atomic mass is 32.2. The molecule has 0 spiro atoms. The molecule has 0 radical (unpaired) electrons. The number of alkyl halides is 3. The maximum atomic E-state index is 11.9. The van der Waals surface area contributed by atoms with Crippen molar-refractivity contribution >= 4 is 23.5 Å². The molecule has 1 unspecified atom stereocenters. The van der Waals surface area contributed by atoms with Crippen LogP contribution in [0.4, 0.5) is 13.2 Å². The van der Waals surface area contributed by atoms with Gasteiger partial charge < -0.3 is 5.11 Å². The Labute approximate surface area is 107 Å². The first-order valence-electron chi connectivity index (χ1n) is 5.00. The highest BCUT2D eigenvalue weighted by Crippen LogP contribution is 2.31. The van der Waals surface area contributed by atoms with E-state index in [0.29, 0.717) is 5.75 Å². The van der Waals surface area contributed by atoms with Gasteiger partial charge in [0, 0.05) is 16.4 Å². The summed E-state index contributed by atoms with van der Waals surface area (Å²) < 4.78 is 35.6. The molecule has 0 saturated carbocycles. The number of benzene rings is 1. The van der Waals surface area contributed by atoms with Gasteiger partial charge in [-0.1, -0.05) is 23.9 Å². The molecule has 0 aromatic heterocycles. The Bertz CT molecular complexity index is 353. The van der Waals surface area contributed by atoms with Crippen LogP contribution in [0, 0.1) is 0 Å². The second kappa shape index (κ2) is 6.56. The van der Waals surface area contributed by atoms with Crippen LogP contribution < -0.4 is 0 Å². The molecule has 96 valence electrons. The molecule has 17 heavy (non-hydrogen) atoms. The van der Waals surface area contributed by atoms with Gasteiger partial charge >= 0.3 is 5.51 Å². The average molecular weight is 282 g/mol. The summed E-state index contributed by atoms with van der Waals surface area (Å²) in [6, 6.07) is 7.21. The minimum absolute atomic E-state index is 0.00690. The lowest BCUT2D eigenvalue weighted by molar-refractivity contribution is -0.0326. The van der Waals surface area contributed by atoms with Gasteiger partial charge in [0.05, 0.1) is 6.10 Å². The summed E-state index contributed by atoms with van der Waals surface area (Å²) in [6.45, 7) is 1.66. The standard InChI is InChI=1S/C11H13F3OS2/c1-8(15)9-3-2-4-10(7-9)16-5-6-17-11(12,13)14/h2-4,7-8,15H,5-6H2,1H3. The van der Waals surface area contributed by atoms with Gasteiger partial charge in [0.1, 0.15) is 0 Å². The third-order valence-corrected chi connectivity index (χ3v) is 3.95. The van der Waals surface area contributed by atoms with E-state index in [0.717, 1.165) is 10.5 Å². The molecule has 0 aliphatic carbocycles. The smallest absolute Gasteiger partial charge is 0.389 e. The second-order valence-electron chi connectivity index (χ2n) is 3.39. The summed E-state index contributed by atoms with van der Waals surface area (Å²) in [5.41, 5.74) is -3.37. The molecule has 1 nitrogen and oxygen atoms in total. The van der Waals surface area contributed by atoms with Crippen LogP contribution in [0.3, 0.4) is 0 Å². The van der Waals surface area contributed by atoms with E-state index in [1.165, 1.54) is 11.8 Å². The number of aliphatic hydroxyl groups excluding tert-OH is 1. The predicted molar refractivity (Wildman–Crippen MR) is 66.3 cm³/mol. The van der Waals surface area contributed by atoms with E-state index in [1.54, 1.807) is 25.1 Å². The molecule has 0 fully saturated rings. The third-order valence-electron chi connectivity index (χ3n) is 1.96. The Morgan fingerprint density at radius 3 is 2.59 bits per heavy atom. The van der Waals surface area contributed by atoms with Crippen molar-refractivity contribution < 1.29 is 18.3 Å². The number of thioether (sulfide) groups is 2. The zero-order valence-corrected chi connectivity index (χ0v) is 10.8. The summed E-state index contributed by atoms with van der Waals surface area (Å²) in [6.07, 6.45) is -0.555. The van der Waals surface area contributed by atoms with Crippen molar-refractivity contribution in [2.45, 2.75) is 23.4 Å². The third kappa shape index (κ3) is 6.24. The molecule has 6 heteroatoms. The molecule has 0 saturated heterocycles.